The van der Waals surface area contributed by atoms with E-state index in [0.717, 1.165) is 11.3 Å². The van der Waals surface area contributed by atoms with E-state index in [2.05, 4.69) is 5.32 Å². The van der Waals surface area contributed by atoms with Crippen LogP contribution in [-0.2, 0) is 9.84 Å². The molecule has 0 bridgehead atoms. The fraction of sp³-hybridized carbons (Fsp3) is 0.417. The number of hydrogen-bond donors (Lipinski definition) is 1. The quantitative estimate of drug-likeness (QED) is 0.774. The van der Waals surface area contributed by atoms with Gasteiger partial charge < -0.3 is 10.2 Å². The Balaban J connectivity index is 1.99. The number of aryl methyl sites for hydroxylation is 1. The Morgan fingerprint density at radius 1 is 1.39 bits per heavy atom. The average molecular weight is 282 g/mol. The van der Waals surface area contributed by atoms with Crippen molar-refractivity contribution in [1.82, 2.24) is 5.32 Å². The minimum Gasteiger partial charge on any atom is -0.356 e. The van der Waals surface area contributed by atoms with Gasteiger partial charge in [0, 0.05) is 5.69 Å². The molecule has 1 N–H and O–H groups in total. The Labute approximate surface area is 112 Å². The molecule has 2 aliphatic rings. The molecular formula is C12H14N2O2S2. The number of nitrogens with one attached hydrogen (secondary N) is 1. The van der Waals surface area contributed by atoms with E-state index in [1.165, 1.54) is 0 Å². The highest BCUT2D eigenvalue weighted by atomic mass is 32.2. The van der Waals surface area contributed by atoms with Crippen molar-refractivity contribution in [3.63, 3.8) is 0 Å². The van der Waals surface area contributed by atoms with Crippen LogP contribution < -0.4 is 10.2 Å². The molecule has 0 spiro atoms. The number of fused-ring (bicyclic) bond motifs is 1. The molecule has 1 aromatic carbocycles. The number of anilines is 1. The van der Waals surface area contributed by atoms with Crippen molar-refractivity contribution in [3.8, 4) is 0 Å². The van der Waals surface area contributed by atoms with Crippen molar-refractivity contribution in [2.75, 3.05) is 16.4 Å². The second-order valence-corrected chi connectivity index (χ2v) is 7.45. The maximum absolute atomic E-state index is 11.7. The summed E-state index contributed by atoms with van der Waals surface area (Å²) in [5.41, 5.74) is 2.11. The van der Waals surface area contributed by atoms with E-state index in [4.69, 9.17) is 12.2 Å². The fourth-order valence-corrected chi connectivity index (χ4v) is 4.97. The van der Waals surface area contributed by atoms with Crippen molar-refractivity contribution in [3.05, 3.63) is 29.8 Å². The van der Waals surface area contributed by atoms with E-state index in [0.29, 0.717) is 5.11 Å². The first kappa shape index (κ1) is 11.9. The van der Waals surface area contributed by atoms with Crippen LogP contribution >= 0.6 is 12.2 Å². The second kappa shape index (κ2) is 3.93. The zero-order valence-electron chi connectivity index (χ0n) is 9.96. The molecule has 0 saturated carbocycles. The molecule has 2 saturated heterocycles. The largest absolute Gasteiger partial charge is 0.356 e. The van der Waals surface area contributed by atoms with Gasteiger partial charge in [-0.25, -0.2) is 8.42 Å². The SMILES string of the molecule is Cc1cccc(N2C(=S)NC3CS(=O)(=O)CC32)c1. The predicted octanol–water partition coefficient (Wildman–Crippen LogP) is 0.855. The maximum atomic E-state index is 11.7. The maximum Gasteiger partial charge on any atom is 0.174 e. The van der Waals surface area contributed by atoms with Gasteiger partial charge in [-0.05, 0) is 36.8 Å². The molecule has 2 heterocycles. The standard InChI is InChI=1S/C12H14N2O2S2/c1-8-3-2-4-9(5-8)14-11-7-18(15,16)6-10(11)13-12(14)17/h2-5,10-11H,6-7H2,1H3,(H,13,17). The van der Waals surface area contributed by atoms with Crippen LogP contribution in [0.3, 0.4) is 0 Å². The number of hydrogen-bond acceptors (Lipinski definition) is 3. The van der Waals surface area contributed by atoms with Gasteiger partial charge in [0.1, 0.15) is 0 Å². The van der Waals surface area contributed by atoms with E-state index >= 15 is 0 Å². The first-order chi connectivity index (χ1) is 8.46. The molecule has 6 heteroatoms. The average Bonchev–Trinajstić information content (AvgIpc) is 2.68. The van der Waals surface area contributed by atoms with E-state index in [1.807, 2.05) is 36.1 Å². The van der Waals surface area contributed by atoms with Crippen LogP contribution in [0.15, 0.2) is 24.3 Å². The first-order valence-corrected chi connectivity index (χ1v) is 8.06. The summed E-state index contributed by atoms with van der Waals surface area (Å²) in [4.78, 5) is 1.94. The Morgan fingerprint density at radius 3 is 2.89 bits per heavy atom. The molecule has 3 rings (SSSR count). The van der Waals surface area contributed by atoms with Crippen LogP contribution in [0.4, 0.5) is 5.69 Å². The third-order valence-corrected chi connectivity index (χ3v) is 5.49. The van der Waals surface area contributed by atoms with E-state index in [1.54, 1.807) is 0 Å². The highest BCUT2D eigenvalue weighted by Crippen LogP contribution is 2.29. The summed E-state index contributed by atoms with van der Waals surface area (Å²) in [6.07, 6.45) is 0. The molecule has 0 aliphatic carbocycles. The fourth-order valence-electron chi connectivity index (χ4n) is 2.69. The number of thiocarbonyl (C=S) groups is 1. The third-order valence-electron chi connectivity index (χ3n) is 3.46. The molecule has 0 radical (unpaired) electrons. The summed E-state index contributed by atoms with van der Waals surface area (Å²) in [6.45, 7) is 2.01. The lowest BCUT2D eigenvalue weighted by Gasteiger charge is -2.23. The highest BCUT2D eigenvalue weighted by molar-refractivity contribution is 7.91. The first-order valence-electron chi connectivity index (χ1n) is 5.83. The molecule has 2 atom stereocenters. The van der Waals surface area contributed by atoms with Crippen LogP contribution in [-0.4, -0.2) is 37.1 Å². The Kier molecular flexibility index (Phi) is 2.60. The van der Waals surface area contributed by atoms with Crippen molar-refractivity contribution in [2.45, 2.75) is 19.0 Å². The van der Waals surface area contributed by atoms with Crippen LogP contribution in [0.5, 0.6) is 0 Å². The lowest BCUT2D eigenvalue weighted by Crippen LogP contribution is -2.36. The van der Waals surface area contributed by atoms with E-state index < -0.39 is 9.84 Å². The van der Waals surface area contributed by atoms with Crippen LogP contribution in [0.1, 0.15) is 5.56 Å². The molecule has 0 amide bonds. The van der Waals surface area contributed by atoms with Gasteiger partial charge in [-0.2, -0.15) is 0 Å². The van der Waals surface area contributed by atoms with Crippen molar-refractivity contribution >= 4 is 32.9 Å². The summed E-state index contributed by atoms with van der Waals surface area (Å²) >= 11 is 5.32. The normalized spacial score (nSPS) is 29.2. The monoisotopic (exact) mass is 282 g/mol. The zero-order valence-corrected chi connectivity index (χ0v) is 11.6. The van der Waals surface area contributed by atoms with Crippen LogP contribution in [0.2, 0.25) is 0 Å². The minimum atomic E-state index is -2.94. The van der Waals surface area contributed by atoms with Gasteiger partial charge in [0.15, 0.2) is 14.9 Å². The predicted molar refractivity (Wildman–Crippen MR) is 75.6 cm³/mol. The molecule has 18 heavy (non-hydrogen) atoms. The molecule has 2 unspecified atom stereocenters. The summed E-state index contributed by atoms with van der Waals surface area (Å²) in [7, 11) is -2.94. The van der Waals surface area contributed by atoms with Crippen LogP contribution in [0.25, 0.3) is 0 Å². The van der Waals surface area contributed by atoms with Gasteiger partial charge in [0.05, 0.1) is 23.6 Å². The topological polar surface area (TPSA) is 49.4 Å². The van der Waals surface area contributed by atoms with Crippen molar-refractivity contribution in [2.24, 2.45) is 0 Å². The molecule has 0 aromatic heterocycles. The smallest absolute Gasteiger partial charge is 0.174 e. The summed E-state index contributed by atoms with van der Waals surface area (Å²) in [5.74, 6) is 0.360. The van der Waals surface area contributed by atoms with E-state index in [-0.39, 0.29) is 23.6 Å². The molecular weight excluding hydrogens is 268 g/mol. The van der Waals surface area contributed by atoms with Gasteiger partial charge in [-0.1, -0.05) is 12.1 Å². The van der Waals surface area contributed by atoms with Gasteiger partial charge in [0.2, 0.25) is 0 Å². The molecule has 2 aliphatic heterocycles. The van der Waals surface area contributed by atoms with Gasteiger partial charge in [0.25, 0.3) is 0 Å². The zero-order chi connectivity index (χ0) is 12.9. The summed E-state index contributed by atoms with van der Waals surface area (Å²) in [5, 5.41) is 3.75. The third kappa shape index (κ3) is 1.89. The lowest BCUT2D eigenvalue weighted by molar-refractivity contribution is 0.600. The van der Waals surface area contributed by atoms with Crippen molar-refractivity contribution in [1.29, 1.82) is 0 Å². The Bertz CT molecular complexity index is 612. The highest BCUT2D eigenvalue weighted by Gasteiger charge is 2.47. The van der Waals surface area contributed by atoms with Gasteiger partial charge in [-0.3, -0.25) is 0 Å². The number of rotatable bonds is 1. The molecule has 4 nitrogen and oxygen atoms in total. The second-order valence-electron chi connectivity index (χ2n) is 4.91. The number of sulfone groups is 1. The molecule has 96 valence electrons. The number of nitrogens with zero attached hydrogens (tertiary/aromatic N) is 1. The Hall–Kier alpha value is -1.14. The molecule has 1 aromatic rings. The Morgan fingerprint density at radius 2 is 2.17 bits per heavy atom. The molecule has 2 fully saturated rings. The van der Waals surface area contributed by atoms with Gasteiger partial charge in [-0.15, -0.1) is 0 Å². The lowest BCUT2D eigenvalue weighted by atomic mass is 10.1. The van der Waals surface area contributed by atoms with Gasteiger partial charge >= 0.3 is 0 Å². The van der Waals surface area contributed by atoms with Crippen molar-refractivity contribution < 1.29 is 8.42 Å². The summed E-state index contributed by atoms with van der Waals surface area (Å²) < 4.78 is 23.4. The summed E-state index contributed by atoms with van der Waals surface area (Å²) in [6, 6.07) is 7.84. The van der Waals surface area contributed by atoms with Crippen LogP contribution in [0, 0.1) is 6.92 Å². The van der Waals surface area contributed by atoms with E-state index in [9.17, 15) is 8.42 Å². The number of benzene rings is 1. The minimum absolute atomic E-state index is 0.0655.